The Hall–Kier alpha value is -2.01. The molecule has 0 saturated heterocycles. The summed E-state index contributed by atoms with van der Waals surface area (Å²) < 4.78 is 11.1. The zero-order valence-corrected chi connectivity index (χ0v) is 13.1. The maximum atomic E-state index is 5.93. The van der Waals surface area contributed by atoms with Crippen LogP contribution in [0.3, 0.4) is 0 Å². The van der Waals surface area contributed by atoms with E-state index >= 15 is 0 Å². The van der Waals surface area contributed by atoms with Gasteiger partial charge in [-0.15, -0.1) is 0 Å². The number of rotatable bonds is 6. The minimum atomic E-state index is 0.404. The number of hydrogen-bond acceptors (Lipinski definition) is 5. The molecule has 5 nitrogen and oxygen atoms in total. The molecule has 112 valence electrons. The summed E-state index contributed by atoms with van der Waals surface area (Å²) >= 11 is 5.93. The summed E-state index contributed by atoms with van der Waals surface area (Å²) in [5.41, 5.74) is 0.844. The highest BCUT2D eigenvalue weighted by molar-refractivity contribution is 6.29. The van der Waals surface area contributed by atoms with Gasteiger partial charge in [0.05, 0.1) is 13.2 Å². The summed E-state index contributed by atoms with van der Waals surface area (Å²) in [6, 6.07) is 7.32. The first-order valence-corrected chi connectivity index (χ1v) is 7.18. The number of hydrogen-bond donors (Lipinski definition) is 1. The molecule has 0 saturated carbocycles. The molecular formula is C15H18ClN3O2. The zero-order chi connectivity index (χ0) is 15.2. The van der Waals surface area contributed by atoms with Crippen LogP contribution in [0.1, 0.15) is 19.7 Å². The molecule has 0 bridgehead atoms. The molecule has 1 aromatic heterocycles. The molecule has 0 spiro atoms. The van der Waals surface area contributed by atoms with Crippen LogP contribution in [0.5, 0.6) is 11.5 Å². The van der Waals surface area contributed by atoms with E-state index in [1.165, 1.54) is 0 Å². The second kappa shape index (κ2) is 7.13. The van der Waals surface area contributed by atoms with Crippen molar-refractivity contribution in [1.29, 1.82) is 0 Å². The second-order valence-corrected chi connectivity index (χ2v) is 4.66. The van der Waals surface area contributed by atoms with E-state index in [0.717, 1.165) is 11.4 Å². The Labute approximate surface area is 129 Å². The molecule has 21 heavy (non-hydrogen) atoms. The van der Waals surface area contributed by atoms with E-state index in [1.54, 1.807) is 13.0 Å². The van der Waals surface area contributed by atoms with Gasteiger partial charge in [-0.2, -0.15) is 0 Å². The minimum absolute atomic E-state index is 0.404. The average molecular weight is 308 g/mol. The van der Waals surface area contributed by atoms with Crippen LogP contribution >= 0.6 is 11.6 Å². The monoisotopic (exact) mass is 307 g/mol. The van der Waals surface area contributed by atoms with Crippen LogP contribution in [-0.4, -0.2) is 23.2 Å². The molecule has 0 unspecified atom stereocenters. The first-order valence-electron chi connectivity index (χ1n) is 6.80. The number of halogens is 1. The SMILES string of the molecule is CCOc1ccc(Nc2cc(Cl)nc(C)n2)cc1OCC. The quantitative estimate of drug-likeness (QED) is 0.818. The number of aryl methyl sites for hydroxylation is 1. The fourth-order valence-electron chi connectivity index (χ4n) is 1.87. The van der Waals surface area contributed by atoms with Crippen molar-refractivity contribution in [3.05, 3.63) is 35.2 Å². The Morgan fingerprint density at radius 2 is 1.76 bits per heavy atom. The largest absolute Gasteiger partial charge is 0.490 e. The van der Waals surface area contributed by atoms with Gasteiger partial charge < -0.3 is 14.8 Å². The van der Waals surface area contributed by atoms with E-state index < -0.39 is 0 Å². The molecule has 0 radical (unpaired) electrons. The molecule has 2 aromatic rings. The third-order valence-corrected chi connectivity index (χ3v) is 2.82. The van der Waals surface area contributed by atoms with Crippen LogP contribution < -0.4 is 14.8 Å². The molecule has 1 N–H and O–H groups in total. The number of ether oxygens (including phenoxy) is 2. The summed E-state index contributed by atoms with van der Waals surface area (Å²) in [5, 5.41) is 3.59. The summed E-state index contributed by atoms with van der Waals surface area (Å²) in [4.78, 5) is 8.32. The van der Waals surface area contributed by atoms with Gasteiger partial charge in [-0.3, -0.25) is 0 Å². The van der Waals surface area contributed by atoms with Crippen LogP contribution in [0.25, 0.3) is 0 Å². The van der Waals surface area contributed by atoms with Crippen molar-refractivity contribution in [3.8, 4) is 11.5 Å². The van der Waals surface area contributed by atoms with Crippen LogP contribution in [0.4, 0.5) is 11.5 Å². The highest BCUT2D eigenvalue weighted by Crippen LogP contribution is 2.31. The highest BCUT2D eigenvalue weighted by Gasteiger charge is 2.07. The maximum absolute atomic E-state index is 5.93. The van der Waals surface area contributed by atoms with Crippen molar-refractivity contribution < 1.29 is 9.47 Å². The van der Waals surface area contributed by atoms with Gasteiger partial charge >= 0.3 is 0 Å². The molecule has 2 rings (SSSR count). The third-order valence-electron chi connectivity index (χ3n) is 2.62. The molecule has 0 aliphatic carbocycles. The van der Waals surface area contributed by atoms with Crippen LogP contribution in [0.2, 0.25) is 5.15 Å². The highest BCUT2D eigenvalue weighted by atomic mass is 35.5. The lowest BCUT2D eigenvalue weighted by atomic mass is 10.2. The lowest BCUT2D eigenvalue weighted by Gasteiger charge is -2.13. The first-order chi connectivity index (χ1) is 10.1. The van der Waals surface area contributed by atoms with E-state index in [1.807, 2.05) is 32.0 Å². The minimum Gasteiger partial charge on any atom is -0.490 e. The number of nitrogens with one attached hydrogen (secondary N) is 1. The van der Waals surface area contributed by atoms with Crippen molar-refractivity contribution in [1.82, 2.24) is 9.97 Å². The molecule has 0 atom stereocenters. The van der Waals surface area contributed by atoms with Crippen molar-refractivity contribution in [2.24, 2.45) is 0 Å². The second-order valence-electron chi connectivity index (χ2n) is 4.28. The van der Waals surface area contributed by atoms with Crippen LogP contribution in [0, 0.1) is 6.92 Å². The predicted octanol–water partition coefficient (Wildman–Crippen LogP) is 3.98. The lowest BCUT2D eigenvalue weighted by Crippen LogP contribution is -2.01. The molecule has 1 aromatic carbocycles. The number of nitrogens with zero attached hydrogens (tertiary/aromatic N) is 2. The van der Waals surface area contributed by atoms with Gasteiger partial charge in [-0.05, 0) is 32.9 Å². The number of benzene rings is 1. The van der Waals surface area contributed by atoms with Gasteiger partial charge in [0.2, 0.25) is 0 Å². The van der Waals surface area contributed by atoms with Crippen LogP contribution in [0.15, 0.2) is 24.3 Å². The smallest absolute Gasteiger partial charge is 0.163 e. The Kier molecular flexibility index (Phi) is 5.22. The van der Waals surface area contributed by atoms with Crippen molar-refractivity contribution in [2.75, 3.05) is 18.5 Å². The summed E-state index contributed by atoms with van der Waals surface area (Å²) in [7, 11) is 0. The Morgan fingerprint density at radius 1 is 1.05 bits per heavy atom. The van der Waals surface area contributed by atoms with E-state index in [9.17, 15) is 0 Å². The number of anilines is 2. The van der Waals surface area contributed by atoms with E-state index in [0.29, 0.717) is 35.8 Å². The lowest BCUT2D eigenvalue weighted by molar-refractivity contribution is 0.288. The molecule has 0 aliphatic rings. The van der Waals surface area contributed by atoms with Gasteiger partial charge in [-0.25, -0.2) is 9.97 Å². The molecule has 0 amide bonds. The Balaban J connectivity index is 2.25. The van der Waals surface area contributed by atoms with Crippen molar-refractivity contribution in [2.45, 2.75) is 20.8 Å². The molecule has 0 fully saturated rings. The summed E-state index contributed by atoms with van der Waals surface area (Å²) in [6.45, 7) is 6.83. The van der Waals surface area contributed by atoms with Gasteiger partial charge in [-0.1, -0.05) is 11.6 Å². The standard InChI is InChI=1S/C15H18ClN3O2/c1-4-20-12-7-6-11(8-13(12)21-5-2)19-15-9-14(16)17-10(3)18-15/h6-9H,4-5H2,1-3H3,(H,17,18,19). The van der Waals surface area contributed by atoms with Crippen molar-refractivity contribution >= 4 is 23.1 Å². The van der Waals surface area contributed by atoms with E-state index in [-0.39, 0.29) is 0 Å². The fourth-order valence-corrected chi connectivity index (χ4v) is 2.10. The predicted molar refractivity (Wildman–Crippen MR) is 83.8 cm³/mol. The Morgan fingerprint density at radius 3 is 2.43 bits per heavy atom. The van der Waals surface area contributed by atoms with Crippen molar-refractivity contribution in [3.63, 3.8) is 0 Å². The zero-order valence-electron chi connectivity index (χ0n) is 12.3. The van der Waals surface area contributed by atoms with Gasteiger partial charge in [0.25, 0.3) is 0 Å². The normalized spacial score (nSPS) is 10.3. The maximum Gasteiger partial charge on any atom is 0.163 e. The molecule has 1 heterocycles. The summed E-state index contributed by atoms with van der Waals surface area (Å²) in [6.07, 6.45) is 0. The summed E-state index contributed by atoms with van der Waals surface area (Å²) in [5.74, 6) is 2.67. The van der Waals surface area contributed by atoms with Gasteiger partial charge in [0, 0.05) is 17.8 Å². The molecular weight excluding hydrogens is 290 g/mol. The Bertz CT molecular complexity index is 600. The van der Waals surface area contributed by atoms with Gasteiger partial charge in [0.15, 0.2) is 11.5 Å². The molecule has 0 aliphatic heterocycles. The fraction of sp³-hybridized carbons (Fsp3) is 0.333. The first kappa shape index (κ1) is 15.4. The topological polar surface area (TPSA) is 56.3 Å². The third kappa shape index (κ3) is 4.23. The molecule has 6 heteroatoms. The van der Waals surface area contributed by atoms with Gasteiger partial charge in [0.1, 0.15) is 16.8 Å². The van der Waals surface area contributed by atoms with E-state index in [2.05, 4.69) is 15.3 Å². The van der Waals surface area contributed by atoms with E-state index in [4.69, 9.17) is 21.1 Å². The number of aromatic nitrogens is 2. The average Bonchev–Trinajstić information content (AvgIpc) is 2.41. The van der Waals surface area contributed by atoms with Crippen LogP contribution in [-0.2, 0) is 0 Å².